The van der Waals surface area contributed by atoms with Crippen LogP contribution < -0.4 is 25.6 Å². The molecule has 0 saturated heterocycles. The smallest absolute Gasteiger partial charge is 0.331 e. The summed E-state index contributed by atoms with van der Waals surface area (Å²) in [5.41, 5.74) is 2.84. The minimum Gasteiger partial charge on any atom is -0.457 e. The van der Waals surface area contributed by atoms with Gasteiger partial charge in [-0.3, -0.25) is 9.69 Å². The first-order valence-electron chi connectivity index (χ1n) is 12.4. The number of para-hydroxylation sites is 1. The van der Waals surface area contributed by atoms with E-state index >= 15 is 0 Å². The van der Waals surface area contributed by atoms with E-state index in [0.29, 0.717) is 26.8 Å². The Kier molecular flexibility index (Phi) is 6.02. The average Bonchev–Trinajstić information content (AvgIpc) is 3.50. The monoisotopic (exact) mass is 513 g/mol. The summed E-state index contributed by atoms with van der Waals surface area (Å²) in [6, 6.07) is 17.0. The van der Waals surface area contributed by atoms with Crippen LogP contribution in [0.4, 0.5) is 21.9 Å². The summed E-state index contributed by atoms with van der Waals surface area (Å²) < 4.78 is 5.97. The van der Waals surface area contributed by atoms with Crippen LogP contribution >= 0.6 is 11.3 Å². The number of amides is 3. The zero-order valence-electron chi connectivity index (χ0n) is 20.6. The number of pyridine rings is 1. The lowest BCUT2D eigenvalue weighted by Gasteiger charge is -2.29. The van der Waals surface area contributed by atoms with Crippen molar-refractivity contribution in [3.05, 3.63) is 71.2 Å². The molecule has 3 amide bonds. The molecule has 1 fully saturated rings. The molecule has 0 radical (unpaired) electrons. The summed E-state index contributed by atoms with van der Waals surface area (Å²) in [6.45, 7) is 1.95. The number of carbonyl (C=O) groups excluding carboxylic acids is 2. The quantitative estimate of drug-likeness (QED) is 0.296. The zero-order valence-corrected chi connectivity index (χ0v) is 21.4. The Morgan fingerprint density at radius 1 is 1.08 bits per heavy atom. The number of hydrogen-bond acceptors (Lipinski definition) is 6. The van der Waals surface area contributed by atoms with Crippen LogP contribution in [-0.2, 0) is 0 Å². The van der Waals surface area contributed by atoms with Gasteiger partial charge in [0.05, 0.1) is 22.4 Å². The summed E-state index contributed by atoms with van der Waals surface area (Å²) >= 11 is 1.31. The van der Waals surface area contributed by atoms with E-state index in [4.69, 9.17) is 4.74 Å². The highest BCUT2D eigenvalue weighted by molar-refractivity contribution is 7.21. The van der Waals surface area contributed by atoms with E-state index in [1.807, 2.05) is 68.6 Å². The molecule has 2 atom stereocenters. The molecule has 188 valence electrons. The molecule has 1 saturated carbocycles. The van der Waals surface area contributed by atoms with Gasteiger partial charge in [0.2, 0.25) is 0 Å². The third-order valence-corrected chi connectivity index (χ3v) is 8.14. The number of rotatable bonds is 6. The summed E-state index contributed by atoms with van der Waals surface area (Å²) in [4.78, 5) is 34.1. The Morgan fingerprint density at radius 2 is 1.89 bits per heavy atom. The second kappa shape index (κ2) is 9.49. The molecule has 3 heterocycles. The number of ether oxygens (including phenoxy) is 1. The van der Waals surface area contributed by atoms with Crippen LogP contribution in [0.2, 0.25) is 0 Å². The number of nitrogens with zero attached hydrogens (tertiary/aromatic N) is 2. The topological polar surface area (TPSA) is 95.6 Å². The van der Waals surface area contributed by atoms with E-state index in [-0.39, 0.29) is 24.0 Å². The van der Waals surface area contributed by atoms with Gasteiger partial charge < -0.3 is 20.7 Å². The summed E-state index contributed by atoms with van der Waals surface area (Å²) in [5.74, 6) is 1.25. The lowest BCUT2D eigenvalue weighted by molar-refractivity contribution is 0.0937. The molecule has 37 heavy (non-hydrogen) atoms. The van der Waals surface area contributed by atoms with Gasteiger partial charge in [-0.2, -0.15) is 0 Å². The number of aryl methyl sites for hydroxylation is 1. The SMILES string of the molecule is CN[C@@H]1CCC[C@@H]1NC(=O)c1sc2nccc3c2c1NC(=O)N3c1ccc(Oc2ccccc2)cc1C. The first kappa shape index (κ1) is 23.4. The maximum Gasteiger partial charge on any atom is 0.331 e. The Morgan fingerprint density at radius 3 is 2.68 bits per heavy atom. The predicted molar refractivity (Wildman–Crippen MR) is 146 cm³/mol. The molecule has 0 spiro atoms. The number of urea groups is 1. The van der Waals surface area contributed by atoms with Crippen LogP contribution in [0.25, 0.3) is 10.2 Å². The van der Waals surface area contributed by atoms with E-state index in [2.05, 4.69) is 20.9 Å². The molecule has 8 nitrogen and oxygen atoms in total. The van der Waals surface area contributed by atoms with Crippen molar-refractivity contribution in [2.24, 2.45) is 0 Å². The number of aromatic nitrogens is 1. The number of benzene rings is 2. The highest BCUT2D eigenvalue weighted by atomic mass is 32.1. The molecule has 9 heteroatoms. The van der Waals surface area contributed by atoms with Gasteiger partial charge >= 0.3 is 6.03 Å². The Hall–Kier alpha value is -3.95. The van der Waals surface area contributed by atoms with Gasteiger partial charge in [-0.25, -0.2) is 9.78 Å². The lowest BCUT2D eigenvalue weighted by atomic mass is 10.1. The van der Waals surface area contributed by atoms with Crippen LogP contribution in [0.15, 0.2) is 60.8 Å². The fourth-order valence-corrected chi connectivity index (χ4v) is 6.29. The standard InChI is InChI=1S/C28H27N5O3S/c1-16-15-18(36-17-7-4-3-5-8-17)11-12-21(16)33-22-13-14-30-27-23(22)24(32-28(33)35)25(37-27)26(34)31-20-10-6-9-19(20)29-2/h3-5,7-8,11-15,19-20,29H,6,9-10H2,1-2H3,(H,31,34)(H,32,35)/t19-,20+/m1/s1. The normalized spacial score (nSPS) is 18.6. The van der Waals surface area contributed by atoms with Gasteiger partial charge in [0, 0.05) is 18.3 Å². The molecule has 0 unspecified atom stereocenters. The number of anilines is 3. The van der Waals surface area contributed by atoms with Gasteiger partial charge in [0.1, 0.15) is 21.2 Å². The first-order valence-corrected chi connectivity index (χ1v) is 13.2. The molecular weight excluding hydrogens is 486 g/mol. The number of likely N-dealkylation sites (N-methyl/N-ethyl adjacent to an activating group) is 1. The van der Waals surface area contributed by atoms with E-state index in [0.717, 1.165) is 41.6 Å². The molecule has 1 aliphatic carbocycles. The minimum absolute atomic E-state index is 0.0670. The predicted octanol–water partition coefficient (Wildman–Crippen LogP) is 5.95. The fourth-order valence-electron chi connectivity index (χ4n) is 5.26. The Balaban J connectivity index is 1.34. The molecule has 3 N–H and O–H groups in total. The van der Waals surface area contributed by atoms with Crippen molar-refractivity contribution in [1.82, 2.24) is 15.6 Å². The summed E-state index contributed by atoms with van der Waals surface area (Å²) in [7, 11) is 1.92. The van der Waals surface area contributed by atoms with Gasteiger partial charge in [0.25, 0.3) is 5.91 Å². The maximum atomic E-state index is 13.5. The zero-order chi connectivity index (χ0) is 25.5. The van der Waals surface area contributed by atoms with Crippen LogP contribution in [0, 0.1) is 6.92 Å². The Bertz CT molecular complexity index is 1500. The summed E-state index contributed by atoms with van der Waals surface area (Å²) in [6.07, 6.45) is 4.72. The van der Waals surface area contributed by atoms with E-state index in [9.17, 15) is 9.59 Å². The van der Waals surface area contributed by atoms with Crippen LogP contribution in [0.5, 0.6) is 11.5 Å². The highest BCUT2D eigenvalue weighted by Gasteiger charge is 2.35. The Labute approximate surface area is 218 Å². The number of thiophene rings is 1. The van der Waals surface area contributed by atoms with E-state index in [1.54, 1.807) is 11.1 Å². The van der Waals surface area contributed by atoms with Crippen molar-refractivity contribution >= 4 is 50.6 Å². The van der Waals surface area contributed by atoms with Crippen molar-refractivity contribution in [1.29, 1.82) is 0 Å². The van der Waals surface area contributed by atoms with E-state index in [1.165, 1.54) is 11.3 Å². The maximum absolute atomic E-state index is 13.5. The molecule has 6 rings (SSSR count). The first-order chi connectivity index (χ1) is 18.0. The highest BCUT2D eigenvalue weighted by Crippen LogP contribution is 2.46. The average molecular weight is 514 g/mol. The van der Waals surface area contributed by atoms with Crippen molar-refractivity contribution in [3.63, 3.8) is 0 Å². The second-order valence-electron chi connectivity index (χ2n) is 9.35. The third-order valence-electron chi connectivity index (χ3n) is 7.04. The second-order valence-corrected chi connectivity index (χ2v) is 10.4. The lowest BCUT2D eigenvalue weighted by Crippen LogP contribution is -2.45. The minimum atomic E-state index is -0.318. The molecule has 0 bridgehead atoms. The van der Waals surface area contributed by atoms with Crippen LogP contribution in [0.1, 0.15) is 34.5 Å². The number of nitrogens with one attached hydrogen (secondary N) is 3. The van der Waals surface area contributed by atoms with Gasteiger partial charge in [0.15, 0.2) is 0 Å². The molecule has 2 aromatic carbocycles. The van der Waals surface area contributed by atoms with Crippen molar-refractivity contribution in [3.8, 4) is 11.5 Å². The molecule has 1 aliphatic heterocycles. The molecule has 2 aliphatic rings. The van der Waals surface area contributed by atoms with Crippen LogP contribution in [0.3, 0.4) is 0 Å². The van der Waals surface area contributed by atoms with Crippen molar-refractivity contribution < 1.29 is 14.3 Å². The van der Waals surface area contributed by atoms with Gasteiger partial charge in [-0.1, -0.05) is 18.2 Å². The number of hydrogen-bond donors (Lipinski definition) is 3. The molecule has 2 aromatic heterocycles. The third kappa shape index (κ3) is 4.20. The number of carbonyl (C=O) groups is 2. The van der Waals surface area contributed by atoms with Crippen molar-refractivity contribution in [2.75, 3.05) is 17.3 Å². The van der Waals surface area contributed by atoms with Gasteiger partial charge in [-0.15, -0.1) is 11.3 Å². The fraction of sp³-hybridized carbons (Fsp3) is 0.250. The van der Waals surface area contributed by atoms with Crippen molar-refractivity contribution in [2.45, 2.75) is 38.3 Å². The largest absolute Gasteiger partial charge is 0.457 e. The van der Waals surface area contributed by atoms with E-state index < -0.39 is 0 Å². The summed E-state index contributed by atoms with van der Waals surface area (Å²) in [5, 5.41) is 10.2. The molecule has 4 aromatic rings. The molecular formula is C28H27N5O3S. The van der Waals surface area contributed by atoms with Crippen LogP contribution in [-0.4, -0.2) is 36.1 Å². The van der Waals surface area contributed by atoms with Gasteiger partial charge in [-0.05, 0) is 75.2 Å².